The number of carbonyl (C=O) groups is 2. The van der Waals surface area contributed by atoms with Gasteiger partial charge in [0, 0.05) is 32.2 Å². The Balaban J connectivity index is 1.66. The van der Waals surface area contributed by atoms with Crippen LogP contribution in [0.3, 0.4) is 0 Å². The van der Waals surface area contributed by atoms with Crippen molar-refractivity contribution in [1.29, 1.82) is 0 Å². The van der Waals surface area contributed by atoms with Gasteiger partial charge in [-0.3, -0.25) is 9.69 Å². The lowest BCUT2D eigenvalue weighted by Gasteiger charge is -2.47. The highest BCUT2D eigenvalue weighted by molar-refractivity contribution is 5.90. The molecule has 32 heavy (non-hydrogen) atoms. The number of piperidine rings is 2. The summed E-state index contributed by atoms with van der Waals surface area (Å²) >= 11 is 0. The molecule has 8 heteroatoms. The van der Waals surface area contributed by atoms with E-state index in [4.69, 9.17) is 4.74 Å². The number of hydrogen-bond acceptors (Lipinski definition) is 6. The van der Waals surface area contributed by atoms with Crippen molar-refractivity contribution >= 4 is 12.0 Å². The van der Waals surface area contributed by atoms with Crippen molar-refractivity contribution in [3.63, 3.8) is 0 Å². The van der Waals surface area contributed by atoms with E-state index in [-0.39, 0.29) is 11.8 Å². The fraction of sp³-hybridized carbons (Fsp3) is 0.917. The summed E-state index contributed by atoms with van der Waals surface area (Å²) in [5.74, 6) is 0.145. The van der Waals surface area contributed by atoms with Crippen LogP contribution in [-0.2, 0) is 9.53 Å². The molecular weight excluding hydrogens is 406 g/mol. The first-order chi connectivity index (χ1) is 15.0. The second-order valence-corrected chi connectivity index (χ2v) is 11.3. The number of amides is 2. The van der Waals surface area contributed by atoms with Crippen molar-refractivity contribution in [2.24, 2.45) is 5.92 Å². The van der Waals surface area contributed by atoms with Crippen molar-refractivity contribution in [3.05, 3.63) is 0 Å². The maximum Gasteiger partial charge on any atom is 0.408 e. The van der Waals surface area contributed by atoms with Gasteiger partial charge in [0.05, 0.1) is 0 Å². The predicted octanol–water partition coefficient (Wildman–Crippen LogP) is 1.85. The highest BCUT2D eigenvalue weighted by atomic mass is 16.6. The van der Waals surface area contributed by atoms with E-state index in [1.807, 2.05) is 32.6 Å². The molecule has 2 amide bonds. The summed E-state index contributed by atoms with van der Waals surface area (Å²) in [4.78, 5) is 35.8. The van der Waals surface area contributed by atoms with Gasteiger partial charge in [-0.05, 0) is 99.6 Å². The number of carbonyl (C=O) groups excluding carboxylic acids is 2. The number of rotatable bonds is 4. The zero-order chi connectivity index (χ0) is 23.5. The minimum atomic E-state index is -0.945. The Bertz CT molecular complexity index is 643. The quantitative estimate of drug-likeness (QED) is 0.704. The molecule has 8 nitrogen and oxygen atoms in total. The van der Waals surface area contributed by atoms with Gasteiger partial charge in [-0.2, -0.15) is 0 Å². The average molecular weight is 452 g/mol. The van der Waals surface area contributed by atoms with Crippen LogP contribution in [0.5, 0.6) is 0 Å². The Morgan fingerprint density at radius 2 is 1.28 bits per heavy atom. The lowest BCUT2D eigenvalue weighted by atomic mass is 9.77. The Hall–Kier alpha value is -1.38. The largest absolute Gasteiger partial charge is 0.444 e. The van der Waals surface area contributed by atoms with E-state index in [1.54, 1.807) is 0 Å². The molecule has 3 saturated heterocycles. The van der Waals surface area contributed by atoms with E-state index in [0.29, 0.717) is 6.04 Å². The van der Waals surface area contributed by atoms with Crippen molar-refractivity contribution in [2.45, 2.75) is 70.6 Å². The van der Waals surface area contributed by atoms with E-state index in [9.17, 15) is 9.59 Å². The second kappa shape index (κ2) is 10.3. The number of hydrogen-bond donors (Lipinski definition) is 1. The summed E-state index contributed by atoms with van der Waals surface area (Å²) in [7, 11) is 4.30. The van der Waals surface area contributed by atoms with Gasteiger partial charge in [0.15, 0.2) is 0 Å². The van der Waals surface area contributed by atoms with Crippen LogP contribution in [0, 0.1) is 5.92 Å². The molecule has 0 radical (unpaired) electrons. The third-order valence-electron chi connectivity index (χ3n) is 7.55. The van der Waals surface area contributed by atoms with Crippen LogP contribution in [0.25, 0.3) is 0 Å². The summed E-state index contributed by atoms with van der Waals surface area (Å²) in [5.41, 5.74) is -1.54. The van der Waals surface area contributed by atoms with E-state index >= 15 is 0 Å². The fourth-order valence-corrected chi connectivity index (χ4v) is 5.41. The number of nitrogens with one attached hydrogen (secondary N) is 1. The summed E-state index contributed by atoms with van der Waals surface area (Å²) < 4.78 is 5.54. The van der Waals surface area contributed by atoms with Crippen LogP contribution in [0.15, 0.2) is 0 Å². The molecule has 1 N–H and O–H groups in total. The molecule has 184 valence electrons. The van der Waals surface area contributed by atoms with Gasteiger partial charge < -0.3 is 24.8 Å². The van der Waals surface area contributed by atoms with E-state index < -0.39 is 17.2 Å². The molecule has 3 aliphatic rings. The van der Waals surface area contributed by atoms with Crippen molar-refractivity contribution < 1.29 is 14.3 Å². The van der Waals surface area contributed by atoms with Crippen LogP contribution >= 0.6 is 0 Å². The van der Waals surface area contributed by atoms with Gasteiger partial charge in [-0.1, -0.05) is 0 Å². The standard InChI is InChI=1S/C24H45N5O3/c1-23(2,3)32-22(31)25-24(4,19-7-11-26(5)12-8-19)21(30)29-17-15-28(16-18-29)20-9-13-27(6)14-10-20/h19-20H,7-18H2,1-6H3,(H,25,31)/t24-/m1/s1. The first-order valence-corrected chi connectivity index (χ1v) is 12.4. The fourth-order valence-electron chi connectivity index (χ4n) is 5.41. The Morgan fingerprint density at radius 3 is 1.78 bits per heavy atom. The summed E-state index contributed by atoms with van der Waals surface area (Å²) in [6.07, 6.45) is 3.70. The molecule has 0 aromatic rings. The van der Waals surface area contributed by atoms with Crippen LogP contribution in [0.1, 0.15) is 53.4 Å². The van der Waals surface area contributed by atoms with Gasteiger partial charge >= 0.3 is 6.09 Å². The number of alkyl carbamates (subject to hydrolysis) is 1. The average Bonchev–Trinajstić information content (AvgIpc) is 2.73. The molecule has 0 saturated carbocycles. The number of ether oxygens (including phenoxy) is 1. The van der Waals surface area contributed by atoms with Crippen molar-refractivity contribution in [3.8, 4) is 0 Å². The Labute approximate surface area is 194 Å². The summed E-state index contributed by atoms with van der Waals surface area (Å²) in [6, 6.07) is 0.628. The van der Waals surface area contributed by atoms with Gasteiger partial charge in [-0.25, -0.2) is 4.79 Å². The monoisotopic (exact) mass is 451 g/mol. The van der Waals surface area contributed by atoms with Gasteiger partial charge in [0.25, 0.3) is 0 Å². The van der Waals surface area contributed by atoms with Crippen molar-refractivity contribution in [2.75, 3.05) is 66.5 Å². The maximum absolute atomic E-state index is 13.8. The zero-order valence-electron chi connectivity index (χ0n) is 21.2. The topological polar surface area (TPSA) is 68.4 Å². The highest BCUT2D eigenvalue weighted by Crippen LogP contribution is 2.31. The molecule has 0 aliphatic carbocycles. The minimum Gasteiger partial charge on any atom is -0.444 e. The number of piperazine rings is 1. The molecule has 3 fully saturated rings. The minimum absolute atomic E-state index is 0.0425. The van der Waals surface area contributed by atoms with E-state index in [2.05, 4.69) is 34.1 Å². The Kier molecular flexibility index (Phi) is 8.10. The summed E-state index contributed by atoms with van der Waals surface area (Å²) in [6.45, 7) is 14.9. The zero-order valence-corrected chi connectivity index (χ0v) is 21.2. The predicted molar refractivity (Wildman–Crippen MR) is 127 cm³/mol. The second-order valence-electron chi connectivity index (χ2n) is 11.3. The normalized spacial score (nSPS) is 25.4. The molecule has 0 aromatic heterocycles. The number of likely N-dealkylation sites (tertiary alicyclic amines) is 2. The highest BCUT2D eigenvalue weighted by Gasteiger charge is 2.47. The molecule has 3 aliphatic heterocycles. The molecule has 3 heterocycles. The van der Waals surface area contributed by atoms with Gasteiger partial charge in [0.1, 0.15) is 11.1 Å². The molecule has 0 bridgehead atoms. The van der Waals surface area contributed by atoms with Crippen LogP contribution in [0.2, 0.25) is 0 Å². The summed E-state index contributed by atoms with van der Waals surface area (Å²) in [5, 5.41) is 3.02. The molecule has 3 rings (SSSR count). The third-order valence-corrected chi connectivity index (χ3v) is 7.55. The first kappa shape index (κ1) is 25.2. The van der Waals surface area contributed by atoms with Crippen LogP contribution in [-0.4, -0.2) is 115 Å². The lowest BCUT2D eigenvalue weighted by molar-refractivity contribution is -0.143. The van der Waals surface area contributed by atoms with Crippen molar-refractivity contribution in [1.82, 2.24) is 24.9 Å². The number of nitrogens with zero attached hydrogens (tertiary/aromatic N) is 4. The molecule has 0 unspecified atom stereocenters. The first-order valence-electron chi connectivity index (χ1n) is 12.4. The molecule has 0 spiro atoms. The maximum atomic E-state index is 13.8. The smallest absolute Gasteiger partial charge is 0.408 e. The third kappa shape index (κ3) is 6.35. The SMILES string of the molecule is CN1CCC(N2CCN(C(=O)[C@](C)(NC(=O)OC(C)(C)C)C3CCN(C)CC3)CC2)CC1. The Morgan fingerprint density at radius 1 is 0.781 bits per heavy atom. The van der Waals surface area contributed by atoms with E-state index in [1.165, 1.54) is 12.8 Å². The lowest BCUT2D eigenvalue weighted by Crippen LogP contribution is -2.66. The van der Waals surface area contributed by atoms with Crippen LogP contribution in [0.4, 0.5) is 4.79 Å². The van der Waals surface area contributed by atoms with Gasteiger partial charge in [-0.15, -0.1) is 0 Å². The molecular formula is C24H45N5O3. The van der Waals surface area contributed by atoms with E-state index in [0.717, 1.165) is 65.2 Å². The molecule has 0 aromatic carbocycles. The molecule has 1 atom stereocenters. The van der Waals surface area contributed by atoms with Crippen LogP contribution < -0.4 is 5.32 Å². The van der Waals surface area contributed by atoms with Gasteiger partial charge in [0.2, 0.25) is 5.91 Å².